The average molecular weight is 166 g/mol. The van der Waals surface area contributed by atoms with Crippen LogP contribution in [0.2, 0.25) is 0 Å². The minimum Gasteiger partial charge on any atom is -0.0914 e. The number of rotatable bonds is 2. The maximum Gasteiger partial charge on any atom is -0.0154 e. The van der Waals surface area contributed by atoms with Crippen molar-refractivity contribution in [2.24, 2.45) is 17.3 Å². The highest BCUT2D eigenvalue weighted by Crippen LogP contribution is 2.49. The zero-order chi connectivity index (χ0) is 9.19. The smallest absolute Gasteiger partial charge is 0.0154 e. The van der Waals surface area contributed by atoms with Crippen molar-refractivity contribution < 1.29 is 0 Å². The Kier molecular flexibility index (Phi) is 2.98. The van der Waals surface area contributed by atoms with Crippen molar-refractivity contribution in [1.82, 2.24) is 0 Å². The largest absolute Gasteiger partial charge is 0.0914 e. The van der Waals surface area contributed by atoms with Crippen LogP contribution >= 0.6 is 0 Å². The Hall–Kier alpha value is -0.260. The van der Waals surface area contributed by atoms with E-state index in [2.05, 4.69) is 39.8 Å². The van der Waals surface area contributed by atoms with Gasteiger partial charge < -0.3 is 0 Å². The van der Waals surface area contributed by atoms with Crippen LogP contribution in [-0.2, 0) is 0 Å². The first-order valence-corrected chi connectivity index (χ1v) is 5.27. The van der Waals surface area contributed by atoms with Crippen molar-refractivity contribution in [2.75, 3.05) is 0 Å². The number of hydrogen-bond donors (Lipinski definition) is 0. The molecule has 0 aromatic heterocycles. The van der Waals surface area contributed by atoms with E-state index in [0.29, 0.717) is 5.41 Å². The fourth-order valence-electron chi connectivity index (χ4n) is 2.63. The van der Waals surface area contributed by atoms with E-state index in [1.165, 1.54) is 19.3 Å². The summed E-state index contributed by atoms with van der Waals surface area (Å²) >= 11 is 0. The predicted molar refractivity (Wildman–Crippen MR) is 55.1 cm³/mol. The Balaban J connectivity index is 2.76. The lowest BCUT2D eigenvalue weighted by Crippen LogP contribution is -2.21. The van der Waals surface area contributed by atoms with Gasteiger partial charge in [0.25, 0.3) is 0 Å². The van der Waals surface area contributed by atoms with E-state index < -0.39 is 0 Å². The molecule has 3 atom stereocenters. The van der Waals surface area contributed by atoms with Gasteiger partial charge in [0.1, 0.15) is 0 Å². The van der Waals surface area contributed by atoms with Crippen LogP contribution in [0.1, 0.15) is 47.0 Å². The maximum absolute atomic E-state index is 2.45. The second-order valence-electron chi connectivity index (χ2n) is 4.58. The molecule has 1 rings (SSSR count). The van der Waals surface area contributed by atoms with E-state index in [-0.39, 0.29) is 0 Å². The molecule has 1 fully saturated rings. The van der Waals surface area contributed by atoms with E-state index in [9.17, 15) is 0 Å². The Labute approximate surface area is 77.1 Å². The maximum atomic E-state index is 2.45. The second-order valence-corrected chi connectivity index (χ2v) is 4.58. The molecule has 0 aliphatic heterocycles. The summed E-state index contributed by atoms with van der Waals surface area (Å²) in [6, 6.07) is 0. The zero-order valence-corrected chi connectivity index (χ0v) is 8.93. The molecule has 0 heteroatoms. The molecule has 70 valence electrons. The summed E-state index contributed by atoms with van der Waals surface area (Å²) in [6.07, 6.45) is 8.80. The number of hydrogen-bond acceptors (Lipinski definition) is 0. The van der Waals surface area contributed by atoms with Crippen LogP contribution < -0.4 is 0 Å². The fourth-order valence-corrected chi connectivity index (χ4v) is 2.63. The Bertz CT molecular complexity index is 169. The van der Waals surface area contributed by atoms with Gasteiger partial charge in [-0.15, -0.1) is 0 Å². The molecule has 0 N–H and O–H groups in total. The summed E-state index contributed by atoms with van der Waals surface area (Å²) in [7, 11) is 0. The highest BCUT2D eigenvalue weighted by Gasteiger charge is 2.39. The summed E-state index contributed by atoms with van der Waals surface area (Å²) < 4.78 is 0. The third-order valence-corrected chi connectivity index (χ3v) is 3.80. The fraction of sp³-hybridized carbons (Fsp3) is 0.833. The topological polar surface area (TPSA) is 0 Å². The molecule has 2 unspecified atom stereocenters. The van der Waals surface area contributed by atoms with Gasteiger partial charge in [-0.25, -0.2) is 0 Å². The van der Waals surface area contributed by atoms with Crippen molar-refractivity contribution >= 4 is 0 Å². The molecule has 12 heavy (non-hydrogen) atoms. The summed E-state index contributed by atoms with van der Waals surface area (Å²) in [4.78, 5) is 0. The molecular weight excluding hydrogens is 144 g/mol. The molecule has 0 aromatic rings. The van der Waals surface area contributed by atoms with Crippen molar-refractivity contribution in [3.8, 4) is 0 Å². The molecule has 0 saturated heterocycles. The highest BCUT2D eigenvalue weighted by molar-refractivity contribution is 5.01. The van der Waals surface area contributed by atoms with Gasteiger partial charge in [-0.1, -0.05) is 39.3 Å². The lowest BCUT2D eigenvalue weighted by molar-refractivity contribution is 0.238. The first-order valence-electron chi connectivity index (χ1n) is 5.27. The lowest BCUT2D eigenvalue weighted by Gasteiger charge is -2.30. The molecule has 0 nitrogen and oxygen atoms in total. The van der Waals surface area contributed by atoms with Crippen LogP contribution in [0.15, 0.2) is 12.2 Å². The molecule has 0 bridgehead atoms. The highest BCUT2D eigenvalue weighted by atomic mass is 14.4. The van der Waals surface area contributed by atoms with Gasteiger partial charge in [0.05, 0.1) is 0 Å². The lowest BCUT2D eigenvalue weighted by atomic mass is 9.75. The van der Waals surface area contributed by atoms with Crippen molar-refractivity contribution in [3.63, 3.8) is 0 Å². The Morgan fingerprint density at radius 2 is 2.17 bits per heavy atom. The van der Waals surface area contributed by atoms with Crippen LogP contribution in [0.3, 0.4) is 0 Å². The third kappa shape index (κ3) is 1.57. The van der Waals surface area contributed by atoms with Gasteiger partial charge in [-0.3, -0.25) is 0 Å². The van der Waals surface area contributed by atoms with Crippen LogP contribution in [-0.4, -0.2) is 0 Å². The van der Waals surface area contributed by atoms with Gasteiger partial charge in [0, 0.05) is 0 Å². The normalized spacial score (nSPS) is 42.7. The molecule has 1 saturated carbocycles. The molecular formula is C12H22. The number of allylic oxidation sites excluding steroid dienone is 2. The predicted octanol–water partition coefficient (Wildman–Crippen LogP) is 4.02. The van der Waals surface area contributed by atoms with Gasteiger partial charge in [-0.05, 0) is 37.0 Å². The zero-order valence-electron chi connectivity index (χ0n) is 8.93. The quantitative estimate of drug-likeness (QED) is 0.543. The van der Waals surface area contributed by atoms with E-state index >= 15 is 0 Å². The first-order chi connectivity index (χ1) is 5.64. The van der Waals surface area contributed by atoms with E-state index in [1.807, 2.05) is 0 Å². The first kappa shape index (κ1) is 9.83. The molecule has 0 aromatic carbocycles. The van der Waals surface area contributed by atoms with Gasteiger partial charge in [0.2, 0.25) is 0 Å². The summed E-state index contributed by atoms with van der Waals surface area (Å²) in [6.45, 7) is 9.31. The standard InChI is InChI=1S/C12H22/c1-5-7-11-10(3)8-9-12(11,4)6-2/h5,7,10-11H,6,8-9H2,1-4H3/b7-5-/t10?,11-,12?/m0/s1. The average Bonchev–Trinajstić information content (AvgIpc) is 2.34. The Morgan fingerprint density at radius 3 is 2.67 bits per heavy atom. The monoisotopic (exact) mass is 166 g/mol. The molecule has 0 heterocycles. The van der Waals surface area contributed by atoms with E-state index in [1.54, 1.807) is 0 Å². The summed E-state index contributed by atoms with van der Waals surface area (Å²) in [5.41, 5.74) is 0.589. The molecule has 1 aliphatic rings. The van der Waals surface area contributed by atoms with Crippen LogP contribution in [0.5, 0.6) is 0 Å². The SMILES string of the molecule is C/C=C\[C@H]1C(C)CCC1(C)CC. The van der Waals surface area contributed by atoms with Gasteiger partial charge in [0.15, 0.2) is 0 Å². The second kappa shape index (κ2) is 3.64. The van der Waals surface area contributed by atoms with Crippen molar-refractivity contribution in [3.05, 3.63) is 12.2 Å². The van der Waals surface area contributed by atoms with E-state index in [4.69, 9.17) is 0 Å². The van der Waals surface area contributed by atoms with Crippen LogP contribution in [0.25, 0.3) is 0 Å². The van der Waals surface area contributed by atoms with Crippen LogP contribution in [0.4, 0.5) is 0 Å². The molecule has 0 amide bonds. The minimum absolute atomic E-state index is 0.589. The Morgan fingerprint density at radius 1 is 1.50 bits per heavy atom. The van der Waals surface area contributed by atoms with Gasteiger partial charge >= 0.3 is 0 Å². The molecule has 0 spiro atoms. The van der Waals surface area contributed by atoms with Crippen LogP contribution in [0, 0.1) is 17.3 Å². The summed E-state index contributed by atoms with van der Waals surface area (Å²) in [5.74, 6) is 1.72. The van der Waals surface area contributed by atoms with Crippen molar-refractivity contribution in [2.45, 2.75) is 47.0 Å². The molecule has 1 aliphatic carbocycles. The van der Waals surface area contributed by atoms with Crippen molar-refractivity contribution in [1.29, 1.82) is 0 Å². The van der Waals surface area contributed by atoms with Gasteiger partial charge in [-0.2, -0.15) is 0 Å². The summed E-state index contributed by atoms with van der Waals surface area (Å²) in [5, 5.41) is 0. The van der Waals surface area contributed by atoms with E-state index in [0.717, 1.165) is 11.8 Å². The minimum atomic E-state index is 0.589. The third-order valence-electron chi connectivity index (χ3n) is 3.80. The molecule has 0 radical (unpaired) electrons.